The second kappa shape index (κ2) is 7.27. The third kappa shape index (κ3) is 4.90. The van der Waals surface area contributed by atoms with Crippen LogP contribution in [0.4, 0.5) is 0 Å². The van der Waals surface area contributed by atoms with Gasteiger partial charge in [0.2, 0.25) is 0 Å². The third-order valence-electron chi connectivity index (χ3n) is 3.11. The van der Waals surface area contributed by atoms with Gasteiger partial charge in [-0.2, -0.15) is 0 Å². The van der Waals surface area contributed by atoms with Crippen LogP contribution in [0.25, 0.3) is 0 Å². The van der Waals surface area contributed by atoms with Gasteiger partial charge in [0, 0.05) is 18.1 Å². The van der Waals surface area contributed by atoms with Gasteiger partial charge in [-0.05, 0) is 42.3 Å². The predicted octanol–water partition coefficient (Wildman–Crippen LogP) is 3.79. The Kier molecular flexibility index (Phi) is 5.39. The molecule has 0 N–H and O–H groups in total. The molecule has 110 valence electrons. The lowest BCUT2D eigenvalue weighted by Gasteiger charge is -2.17. The molecule has 2 aromatic rings. The summed E-state index contributed by atoms with van der Waals surface area (Å²) < 4.78 is 6.56. The summed E-state index contributed by atoms with van der Waals surface area (Å²) in [6.45, 7) is 2.62. The molecule has 0 aliphatic carbocycles. The van der Waals surface area contributed by atoms with E-state index in [1.54, 1.807) is 11.9 Å². The van der Waals surface area contributed by atoms with E-state index in [0.29, 0.717) is 6.54 Å². The number of halogens is 1. The van der Waals surface area contributed by atoms with E-state index in [1.807, 2.05) is 55.5 Å². The van der Waals surface area contributed by atoms with Crippen molar-refractivity contribution in [1.29, 1.82) is 0 Å². The number of carbonyl (C=O) groups excluding carboxylic acids is 1. The van der Waals surface area contributed by atoms with Crippen molar-refractivity contribution in [2.24, 2.45) is 0 Å². The molecule has 2 aromatic carbocycles. The molecule has 3 nitrogen and oxygen atoms in total. The zero-order chi connectivity index (χ0) is 15.2. The highest BCUT2D eigenvalue weighted by atomic mass is 79.9. The standard InChI is InChI=1S/C17H18BrNO2/c1-13-4-3-5-16(10-13)21-12-17(20)19(2)11-14-6-8-15(18)9-7-14/h3-10H,11-12H2,1-2H3. The van der Waals surface area contributed by atoms with E-state index in [4.69, 9.17) is 4.74 Å². The summed E-state index contributed by atoms with van der Waals surface area (Å²) in [5.41, 5.74) is 2.20. The minimum absolute atomic E-state index is 0.0422. The van der Waals surface area contributed by atoms with E-state index >= 15 is 0 Å². The fourth-order valence-corrected chi connectivity index (χ4v) is 2.18. The number of likely N-dealkylation sites (N-methyl/N-ethyl adjacent to an activating group) is 1. The largest absolute Gasteiger partial charge is 0.484 e. The highest BCUT2D eigenvalue weighted by Gasteiger charge is 2.10. The summed E-state index contributed by atoms with van der Waals surface area (Å²) >= 11 is 3.40. The van der Waals surface area contributed by atoms with Crippen molar-refractivity contribution in [3.8, 4) is 5.75 Å². The van der Waals surface area contributed by atoms with Crippen LogP contribution in [-0.4, -0.2) is 24.5 Å². The van der Waals surface area contributed by atoms with Crippen LogP contribution >= 0.6 is 15.9 Å². The number of benzene rings is 2. The van der Waals surface area contributed by atoms with Crippen LogP contribution in [-0.2, 0) is 11.3 Å². The van der Waals surface area contributed by atoms with Gasteiger partial charge in [-0.25, -0.2) is 0 Å². The van der Waals surface area contributed by atoms with Gasteiger partial charge in [-0.1, -0.05) is 40.2 Å². The van der Waals surface area contributed by atoms with Crippen LogP contribution < -0.4 is 4.74 Å². The smallest absolute Gasteiger partial charge is 0.260 e. The van der Waals surface area contributed by atoms with E-state index in [0.717, 1.165) is 21.3 Å². The lowest BCUT2D eigenvalue weighted by molar-refractivity contribution is -0.132. The number of hydrogen-bond acceptors (Lipinski definition) is 2. The number of carbonyl (C=O) groups is 1. The second-order valence-corrected chi connectivity index (χ2v) is 5.90. The third-order valence-corrected chi connectivity index (χ3v) is 3.64. The number of amides is 1. The minimum Gasteiger partial charge on any atom is -0.484 e. The van der Waals surface area contributed by atoms with Crippen molar-refractivity contribution in [2.75, 3.05) is 13.7 Å². The van der Waals surface area contributed by atoms with Crippen molar-refractivity contribution in [1.82, 2.24) is 4.90 Å². The summed E-state index contributed by atoms with van der Waals surface area (Å²) in [6.07, 6.45) is 0. The summed E-state index contributed by atoms with van der Waals surface area (Å²) in [5.74, 6) is 0.680. The van der Waals surface area contributed by atoms with Crippen LogP contribution in [0.2, 0.25) is 0 Å². The average Bonchev–Trinajstić information content (AvgIpc) is 2.47. The maximum Gasteiger partial charge on any atom is 0.260 e. The number of aryl methyl sites for hydroxylation is 1. The maximum atomic E-state index is 12.1. The Morgan fingerprint density at radius 1 is 1.19 bits per heavy atom. The van der Waals surface area contributed by atoms with Crippen molar-refractivity contribution < 1.29 is 9.53 Å². The molecule has 21 heavy (non-hydrogen) atoms. The molecule has 2 rings (SSSR count). The Bertz CT molecular complexity index is 610. The van der Waals surface area contributed by atoms with Gasteiger partial charge in [0.1, 0.15) is 5.75 Å². The highest BCUT2D eigenvalue weighted by Crippen LogP contribution is 2.13. The quantitative estimate of drug-likeness (QED) is 0.823. The molecular formula is C17H18BrNO2. The normalized spacial score (nSPS) is 10.2. The minimum atomic E-state index is -0.0422. The molecule has 0 spiro atoms. The van der Waals surface area contributed by atoms with Crippen LogP contribution in [0.5, 0.6) is 5.75 Å². The first kappa shape index (κ1) is 15.6. The Labute approximate surface area is 133 Å². The van der Waals surface area contributed by atoms with E-state index in [2.05, 4.69) is 15.9 Å². The molecule has 0 fully saturated rings. The predicted molar refractivity (Wildman–Crippen MR) is 87.3 cm³/mol. The van der Waals surface area contributed by atoms with Gasteiger partial charge in [-0.3, -0.25) is 4.79 Å². The number of hydrogen-bond donors (Lipinski definition) is 0. The SMILES string of the molecule is Cc1cccc(OCC(=O)N(C)Cc2ccc(Br)cc2)c1. The fourth-order valence-electron chi connectivity index (χ4n) is 1.91. The zero-order valence-corrected chi connectivity index (χ0v) is 13.8. The summed E-state index contributed by atoms with van der Waals surface area (Å²) in [5, 5.41) is 0. The van der Waals surface area contributed by atoms with Crippen LogP contribution in [0.15, 0.2) is 53.0 Å². The molecule has 0 unspecified atom stereocenters. The molecular weight excluding hydrogens is 330 g/mol. The van der Waals surface area contributed by atoms with Crippen LogP contribution in [0.3, 0.4) is 0 Å². The van der Waals surface area contributed by atoms with Crippen molar-refractivity contribution in [3.63, 3.8) is 0 Å². The van der Waals surface area contributed by atoms with Gasteiger partial charge < -0.3 is 9.64 Å². The first-order valence-corrected chi connectivity index (χ1v) is 7.52. The molecule has 0 aliphatic heterocycles. The van der Waals surface area contributed by atoms with Crippen molar-refractivity contribution >= 4 is 21.8 Å². The summed E-state index contributed by atoms with van der Waals surface area (Å²) in [4.78, 5) is 13.7. The van der Waals surface area contributed by atoms with Crippen LogP contribution in [0.1, 0.15) is 11.1 Å². The average molecular weight is 348 g/mol. The number of ether oxygens (including phenoxy) is 1. The Hall–Kier alpha value is -1.81. The topological polar surface area (TPSA) is 29.5 Å². The van der Waals surface area contributed by atoms with E-state index < -0.39 is 0 Å². The Morgan fingerprint density at radius 3 is 2.57 bits per heavy atom. The second-order valence-electron chi connectivity index (χ2n) is 4.98. The number of rotatable bonds is 5. The Morgan fingerprint density at radius 2 is 1.90 bits per heavy atom. The van der Waals surface area contributed by atoms with E-state index in [9.17, 15) is 4.79 Å². The zero-order valence-electron chi connectivity index (χ0n) is 12.2. The lowest BCUT2D eigenvalue weighted by atomic mass is 10.2. The first-order valence-electron chi connectivity index (χ1n) is 6.72. The van der Waals surface area contributed by atoms with E-state index in [-0.39, 0.29) is 12.5 Å². The summed E-state index contributed by atoms with van der Waals surface area (Å²) in [6, 6.07) is 15.6. The summed E-state index contributed by atoms with van der Waals surface area (Å²) in [7, 11) is 1.78. The van der Waals surface area contributed by atoms with Gasteiger partial charge >= 0.3 is 0 Å². The molecule has 4 heteroatoms. The van der Waals surface area contributed by atoms with Crippen LogP contribution in [0, 0.1) is 6.92 Å². The molecule has 0 radical (unpaired) electrons. The van der Waals surface area contributed by atoms with Gasteiger partial charge in [0.15, 0.2) is 6.61 Å². The molecule has 0 aliphatic rings. The lowest BCUT2D eigenvalue weighted by Crippen LogP contribution is -2.30. The monoisotopic (exact) mass is 347 g/mol. The van der Waals surface area contributed by atoms with E-state index in [1.165, 1.54) is 0 Å². The number of nitrogens with zero attached hydrogens (tertiary/aromatic N) is 1. The fraction of sp³-hybridized carbons (Fsp3) is 0.235. The molecule has 0 saturated carbocycles. The molecule has 0 atom stereocenters. The van der Waals surface area contributed by atoms with Gasteiger partial charge in [0.25, 0.3) is 5.91 Å². The van der Waals surface area contributed by atoms with Gasteiger partial charge in [-0.15, -0.1) is 0 Å². The van der Waals surface area contributed by atoms with Gasteiger partial charge in [0.05, 0.1) is 0 Å². The first-order chi connectivity index (χ1) is 10.0. The highest BCUT2D eigenvalue weighted by molar-refractivity contribution is 9.10. The Balaban J connectivity index is 1.86. The molecule has 0 aromatic heterocycles. The van der Waals surface area contributed by atoms with Crippen molar-refractivity contribution in [3.05, 3.63) is 64.1 Å². The molecule has 0 saturated heterocycles. The molecule has 1 amide bonds. The van der Waals surface area contributed by atoms with Crippen molar-refractivity contribution in [2.45, 2.75) is 13.5 Å². The maximum absolute atomic E-state index is 12.1. The molecule has 0 bridgehead atoms. The molecule has 0 heterocycles.